The minimum absolute atomic E-state index is 0.174. The third-order valence-electron chi connectivity index (χ3n) is 5.53. The third-order valence-corrected chi connectivity index (χ3v) is 6.03. The van der Waals surface area contributed by atoms with Gasteiger partial charge in [-0.2, -0.15) is 14.9 Å². The number of aromatic amines is 1. The van der Waals surface area contributed by atoms with Gasteiger partial charge in [-0.15, -0.1) is 0 Å². The van der Waals surface area contributed by atoms with Crippen LogP contribution in [0.3, 0.4) is 0 Å². The highest BCUT2D eigenvalue weighted by Crippen LogP contribution is 2.33. The Morgan fingerprint density at radius 2 is 1.90 bits per heavy atom. The van der Waals surface area contributed by atoms with Gasteiger partial charge in [-0.3, -0.25) is 19.6 Å². The molecular weight excluding hydrogens is 434 g/mol. The summed E-state index contributed by atoms with van der Waals surface area (Å²) >= 11 is 11.7. The van der Waals surface area contributed by atoms with Crippen LogP contribution >= 0.6 is 23.8 Å². The smallest absolute Gasteiger partial charge is 0.280 e. The average Bonchev–Trinajstić information content (AvgIpc) is 3.28. The van der Waals surface area contributed by atoms with E-state index >= 15 is 0 Å². The number of piperidine rings is 1. The van der Waals surface area contributed by atoms with E-state index in [0.29, 0.717) is 33.6 Å². The van der Waals surface area contributed by atoms with E-state index in [1.54, 1.807) is 29.4 Å². The maximum Gasteiger partial charge on any atom is 0.280 e. The lowest BCUT2D eigenvalue weighted by Crippen LogP contribution is -2.43. The predicted molar refractivity (Wildman–Crippen MR) is 122 cm³/mol. The fourth-order valence-corrected chi connectivity index (χ4v) is 4.34. The number of hydrogen-bond acceptors (Lipinski definition) is 6. The molecule has 2 aromatic heterocycles. The zero-order chi connectivity index (χ0) is 21.4. The van der Waals surface area contributed by atoms with Gasteiger partial charge in [0.25, 0.3) is 5.91 Å². The van der Waals surface area contributed by atoms with Gasteiger partial charge in [0.2, 0.25) is 4.77 Å². The number of H-pyrrole nitrogens is 1. The number of carbonyl (C=O) groups is 1. The zero-order valence-corrected chi connectivity index (χ0v) is 18.2. The van der Waals surface area contributed by atoms with Crippen molar-refractivity contribution in [2.75, 3.05) is 24.7 Å². The average molecular weight is 454 g/mol. The molecule has 1 aromatic carbocycles. The van der Waals surface area contributed by atoms with Gasteiger partial charge in [0, 0.05) is 28.5 Å². The first-order valence-corrected chi connectivity index (χ1v) is 10.9. The highest BCUT2D eigenvalue weighted by Gasteiger charge is 2.36. The minimum Gasteiger partial charge on any atom is -0.293 e. The number of aromatic nitrogens is 4. The maximum absolute atomic E-state index is 13.5. The molecule has 158 valence electrons. The standard InChI is InChI=1S/C21H20ClN7OS/c22-15-4-5-17-16(12-15)18(20(30)28(17)13-27-10-2-1-3-11-27)26-29-19(24-25-21(29)31)14-6-8-23-9-7-14/h4-9,12H,1-3,10-11,13H2,(H,25,31)/b26-18-. The first-order valence-electron chi connectivity index (χ1n) is 10.1. The van der Waals surface area contributed by atoms with Crippen molar-refractivity contribution in [3.63, 3.8) is 0 Å². The van der Waals surface area contributed by atoms with Crippen LogP contribution in [0.4, 0.5) is 5.69 Å². The zero-order valence-electron chi connectivity index (χ0n) is 16.7. The molecule has 3 aromatic rings. The molecule has 1 N–H and O–H groups in total. The van der Waals surface area contributed by atoms with E-state index in [-0.39, 0.29) is 5.91 Å². The lowest BCUT2D eigenvalue weighted by atomic mass is 10.1. The summed E-state index contributed by atoms with van der Waals surface area (Å²) in [5, 5.41) is 12.2. The summed E-state index contributed by atoms with van der Waals surface area (Å²) in [6.07, 6.45) is 6.87. The molecule has 0 aliphatic carbocycles. The Labute approximate surface area is 189 Å². The SMILES string of the molecule is O=C1/C(=N\n2c(-c3ccncc3)n[nH]c2=S)c2cc(Cl)ccc2N1CN1CCCCC1. The number of nitrogens with zero attached hydrogens (tertiary/aromatic N) is 6. The van der Waals surface area contributed by atoms with Gasteiger partial charge >= 0.3 is 0 Å². The van der Waals surface area contributed by atoms with Gasteiger partial charge in [-0.1, -0.05) is 18.0 Å². The van der Waals surface area contributed by atoms with Crippen LogP contribution in [0, 0.1) is 4.77 Å². The molecule has 8 nitrogen and oxygen atoms in total. The van der Waals surface area contributed by atoms with E-state index in [1.807, 2.05) is 18.2 Å². The lowest BCUT2D eigenvalue weighted by Gasteiger charge is -2.30. The number of benzene rings is 1. The molecule has 0 atom stereocenters. The monoisotopic (exact) mass is 453 g/mol. The molecule has 0 radical (unpaired) electrons. The largest absolute Gasteiger partial charge is 0.293 e. The van der Waals surface area contributed by atoms with E-state index < -0.39 is 0 Å². The van der Waals surface area contributed by atoms with Gasteiger partial charge in [0.05, 0.1) is 12.4 Å². The number of fused-ring (bicyclic) bond motifs is 1. The molecule has 0 saturated carbocycles. The molecule has 2 aliphatic rings. The van der Waals surface area contributed by atoms with Crippen LogP contribution in [-0.2, 0) is 4.79 Å². The molecule has 1 fully saturated rings. The summed E-state index contributed by atoms with van der Waals surface area (Å²) in [6.45, 7) is 2.50. The van der Waals surface area contributed by atoms with Crippen LogP contribution in [-0.4, -0.2) is 56.1 Å². The number of nitrogens with one attached hydrogen (secondary N) is 1. The van der Waals surface area contributed by atoms with Crippen molar-refractivity contribution in [2.24, 2.45) is 5.10 Å². The van der Waals surface area contributed by atoms with Crippen LogP contribution in [0.1, 0.15) is 24.8 Å². The Bertz CT molecular complexity index is 1210. The second kappa shape index (κ2) is 8.33. The van der Waals surface area contributed by atoms with Crippen molar-refractivity contribution >= 4 is 41.1 Å². The summed E-state index contributed by atoms with van der Waals surface area (Å²) in [4.78, 5) is 21.6. The second-order valence-electron chi connectivity index (χ2n) is 7.56. The number of likely N-dealkylation sites (tertiary alicyclic amines) is 1. The number of carbonyl (C=O) groups excluding carboxylic acids is 1. The highest BCUT2D eigenvalue weighted by atomic mass is 35.5. The molecule has 1 saturated heterocycles. The van der Waals surface area contributed by atoms with Crippen LogP contribution in [0.25, 0.3) is 11.4 Å². The van der Waals surface area contributed by atoms with Gasteiger partial charge < -0.3 is 0 Å². The van der Waals surface area contributed by atoms with Crippen molar-refractivity contribution in [1.82, 2.24) is 24.8 Å². The van der Waals surface area contributed by atoms with Gasteiger partial charge in [-0.05, 0) is 68.5 Å². The minimum atomic E-state index is -0.174. The normalized spacial score (nSPS) is 18.0. The van der Waals surface area contributed by atoms with Crippen molar-refractivity contribution < 1.29 is 4.79 Å². The summed E-state index contributed by atoms with van der Waals surface area (Å²) in [5.74, 6) is 0.331. The van der Waals surface area contributed by atoms with Crippen LogP contribution in [0.2, 0.25) is 5.02 Å². The van der Waals surface area contributed by atoms with Crippen molar-refractivity contribution in [3.8, 4) is 11.4 Å². The van der Waals surface area contributed by atoms with Crippen molar-refractivity contribution in [3.05, 3.63) is 58.1 Å². The molecule has 5 rings (SSSR count). The molecule has 4 heterocycles. The van der Waals surface area contributed by atoms with Gasteiger partial charge in [0.1, 0.15) is 0 Å². The number of halogens is 1. The molecule has 10 heteroatoms. The first-order chi connectivity index (χ1) is 15.1. The quantitative estimate of drug-likeness (QED) is 0.609. The van der Waals surface area contributed by atoms with E-state index in [9.17, 15) is 4.79 Å². The summed E-state index contributed by atoms with van der Waals surface area (Å²) in [5.41, 5.74) is 2.58. The van der Waals surface area contributed by atoms with E-state index in [0.717, 1.165) is 37.2 Å². The van der Waals surface area contributed by atoms with Crippen LogP contribution < -0.4 is 4.90 Å². The fraction of sp³-hybridized carbons (Fsp3) is 0.286. The highest BCUT2D eigenvalue weighted by molar-refractivity contribution is 7.71. The van der Waals surface area contributed by atoms with E-state index in [4.69, 9.17) is 23.8 Å². The summed E-state index contributed by atoms with van der Waals surface area (Å²) < 4.78 is 1.78. The Morgan fingerprint density at radius 1 is 1.13 bits per heavy atom. The first kappa shape index (κ1) is 20.0. The topological polar surface area (TPSA) is 82.4 Å². The van der Waals surface area contributed by atoms with Crippen LogP contribution in [0.15, 0.2) is 47.8 Å². The Kier molecular flexibility index (Phi) is 5.39. The van der Waals surface area contributed by atoms with Gasteiger partial charge in [0.15, 0.2) is 11.5 Å². The number of hydrogen-bond donors (Lipinski definition) is 1. The van der Waals surface area contributed by atoms with Crippen molar-refractivity contribution in [1.29, 1.82) is 0 Å². The Balaban J connectivity index is 1.58. The number of pyridine rings is 1. The fourth-order valence-electron chi connectivity index (χ4n) is 4.00. The Morgan fingerprint density at radius 3 is 2.68 bits per heavy atom. The molecule has 0 spiro atoms. The lowest BCUT2D eigenvalue weighted by molar-refractivity contribution is -0.112. The molecule has 31 heavy (non-hydrogen) atoms. The van der Waals surface area contributed by atoms with E-state index in [1.165, 1.54) is 11.1 Å². The molecule has 0 unspecified atom stereocenters. The summed E-state index contributed by atoms with van der Waals surface area (Å²) in [7, 11) is 0. The Hall–Kier alpha value is -2.88. The van der Waals surface area contributed by atoms with Gasteiger partial charge in [-0.25, -0.2) is 5.10 Å². The number of amides is 1. The van der Waals surface area contributed by atoms with Crippen LogP contribution in [0.5, 0.6) is 0 Å². The molecule has 1 amide bonds. The molecule has 2 aliphatic heterocycles. The third kappa shape index (κ3) is 3.80. The molecule has 0 bridgehead atoms. The number of anilines is 1. The second-order valence-corrected chi connectivity index (χ2v) is 8.39. The molecular formula is C21H20ClN7OS. The summed E-state index contributed by atoms with van der Waals surface area (Å²) in [6, 6.07) is 9.07. The predicted octanol–water partition coefficient (Wildman–Crippen LogP) is 3.70. The van der Waals surface area contributed by atoms with Crippen molar-refractivity contribution in [2.45, 2.75) is 19.3 Å². The number of rotatable bonds is 4. The maximum atomic E-state index is 13.5. The van der Waals surface area contributed by atoms with E-state index in [2.05, 4.69) is 25.2 Å².